The van der Waals surface area contributed by atoms with Crippen LogP contribution in [0.15, 0.2) is 12.1 Å². The van der Waals surface area contributed by atoms with Gasteiger partial charge in [-0.05, 0) is 53.5 Å². The first-order valence-corrected chi connectivity index (χ1v) is 8.31. The second kappa shape index (κ2) is 6.17. The van der Waals surface area contributed by atoms with Crippen LogP contribution >= 0.6 is 33.9 Å². The quantitative estimate of drug-likeness (QED) is 0.802. The number of rotatable bonds is 4. The van der Waals surface area contributed by atoms with E-state index < -0.39 is 0 Å². The van der Waals surface area contributed by atoms with Crippen LogP contribution in [-0.2, 0) is 12.8 Å². The first kappa shape index (κ1) is 14.7. The van der Waals surface area contributed by atoms with E-state index in [1.807, 2.05) is 0 Å². The Hall–Kier alpha value is -0.690. The minimum Gasteiger partial charge on any atom is -0.383 e. The van der Waals surface area contributed by atoms with E-state index in [-0.39, 0.29) is 0 Å². The maximum absolute atomic E-state index is 6.02. The van der Waals surface area contributed by atoms with Crippen molar-refractivity contribution in [3.63, 3.8) is 0 Å². The molecule has 0 saturated carbocycles. The van der Waals surface area contributed by atoms with Crippen molar-refractivity contribution in [1.82, 2.24) is 9.97 Å². The van der Waals surface area contributed by atoms with Gasteiger partial charge >= 0.3 is 0 Å². The van der Waals surface area contributed by atoms with Crippen molar-refractivity contribution in [2.24, 2.45) is 5.92 Å². The molecule has 0 saturated heterocycles. The molecule has 2 aromatic rings. The maximum atomic E-state index is 6.02. The molecule has 0 bridgehead atoms. The Labute approximate surface area is 131 Å². The second-order valence-corrected chi connectivity index (χ2v) is 7.16. The van der Waals surface area contributed by atoms with Gasteiger partial charge in [-0.25, -0.2) is 9.97 Å². The molecule has 2 N–H and O–H groups in total. The van der Waals surface area contributed by atoms with Crippen LogP contribution in [0.2, 0.25) is 0 Å². The lowest BCUT2D eigenvalue weighted by Crippen LogP contribution is -2.07. The number of hydrogen-bond donors (Lipinski definition) is 1. The van der Waals surface area contributed by atoms with Crippen LogP contribution in [0.25, 0.3) is 10.7 Å². The van der Waals surface area contributed by atoms with Gasteiger partial charge in [0.25, 0.3) is 0 Å². The number of thiophene rings is 1. The Balaban J connectivity index is 2.43. The van der Waals surface area contributed by atoms with E-state index in [9.17, 15) is 0 Å². The van der Waals surface area contributed by atoms with E-state index in [0.29, 0.717) is 11.7 Å². The fourth-order valence-electron chi connectivity index (χ4n) is 1.83. The summed E-state index contributed by atoms with van der Waals surface area (Å²) in [5.74, 6) is 1.91. The van der Waals surface area contributed by atoms with Crippen molar-refractivity contribution in [3.8, 4) is 10.7 Å². The summed E-state index contributed by atoms with van der Waals surface area (Å²) < 4.78 is 0.988. The van der Waals surface area contributed by atoms with Crippen molar-refractivity contribution >= 4 is 39.7 Å². The molecular formula is C14H18IN3S. The molecule has 0 fully saturated rings. The molecule has 0 aliphatic heterocycles. The summed E-state index contributed by atoms with van der Waals surface area (Å²) in [7, 11) is 0. The van der Waals surface area contributed by atoms with Crippen LogP contribution in [0.5, 0.6) is 0 Å². The Morgan fingerprint density at radius 1 is 1.32 bits per heavy atom. The van der Waals surface area contributed by atoms with Gasteiger partial charge in [0.15, 0.2) is 5.82 Å². The van der Waals surface area contributed by atoms with Crippen molar-refractivity contribution in [3.05, 3.63) is 26.3 Å². The summed E-state index contributed by atoms with van der Waals surface area (Å²) in [6.07, 6.45) is 1.98. The zero-order valence-electron chi connectivity index (χ0n) is 11.4. The molecule has 0 spiro atoms. The van der Waals surface area contributed by atoms with E-state index in [1.54, 1.807) is 11.3 Å². The van der Waals surface area contributed by atoms with Gasteiger partial charge in [-0.3, -0.25) is 0 Å². The van der Waals surface area contributed by atoms with Crippen molar-refractivity contribution in [2.75, 3.05) is 5.73 Å². The van der Waals surface area contributed by atoms with E-state index in [0.717, 1.165) is 32.8 Å². The van der Waals surface area contributed by atoms with Gasteiger partial charge in [-0.15, -0.1) is 11.3 Å². The third kappa shape index (κ3) is 3.45. The van der Waals surface area contributed by atoms with Gasteiger partial charge in [0.05, 0.1) is 14.1 Å². The predicted octanol–water partition coefficient (Wildman–Crippen LogP) is 4.15. The minimum atomic E-state index is 0.560. The Kier molecular flexibility index (Phi) is 4.78. The third-order valence-electron chi connectivity index (χ3n) is 2.78. The standard InChI is InChI=1S/C14H18IN3S/c1-4-9-5-6-11(19-9)14-17-10(7-8(2)3)12(15)13(16)18-14/h5-6,8H,4,7H2,1-3H3,(H2,16,17,18). The van der Waals surface area contributed by atoms with E-state index in [2.05, 4.69) is 60.5 Å². The molecule has 0 aliphatic rings. The lowest BCUT2D eigenvalue weighted by Gasteiger charge is -2.10. The smallest absolute Gasteiger partial charge is 0.171 e. The van der Waals surface area contributed by atoms with Crippen LogP contribution in [-0.4, -0.2) is 9.97 Å². The molecule has 2 aromatic heterocycles. The van der Waals surface area contributed by atoms with Gasteiger partial charge in [0.1, 0.15) is 5.82 Å². The monoisotopic (exact) mass is 387 g/mol. The SMILES string of the molecule is CCc1ccc(-c2nc(N)c(I)c(CC(C)C)n2)s1. The first-order chi connectivity index (χ1) is 9.01. The minimum absolute atomic E-state index is 0.560. The van der Waals surface area contributed by atoms with Gasteiger partial charge < -0.3 is 5.73 Å². The molecule has 0 radical (unpaired) electrons. The maximum Gasteiger partial charge on any atom is 0.171 e. The molecule has 19 heavy (non-hydrogen) atoms. The summed E-state index contributed by atoms with van der Waals surface area (Å²) in [5, 5.41) is 0. The predicted molar refractivity (Wildman–Crippen MR) is 90.4 cm³/mol. The third-order valence-corrected chi connectivity index (χ3v) is 5.18. The zero-order valence-corrected chi connectivity index (χ0v) is 14.4. The number of nitrogens with zero attached hydrogens (tertiary/aromatic N) is 2. The number of anilines is 1. The molecule has 2 heterocycles. The molecule has 102 valence electrons. The van der Waals surface area contributed by atoms with E-state index >= 15 is 0 Å². The number of halogens is 1. The summed E-state index contributed by atoms with van der Waals surface area (Å²) in [4.78, 5) is 11.6. The van der Waals surface area contributed by atoms with E-state index in [1.165, 1.54) is 4.88 Å². The Bertz CT molecular complexity index is 578. The van der Waals surface area contributed by atoms with Crippen molar-refractivity contribution in [2.45, 2.75) is 33.6 Å². The topological polar surface area (TPSA) is 51.8 Å². The summed E-state index contributed by atoms with van der Waals surface area (Å²) in [6.45, 7) is 6.53. The molecule has 0 aliphatic carbocycles. The van der Waals surface area contributed by atoms with Gasteiger partial charge in [0.2, 0.25) is 0 Å². The fraction of sp³-hybridized carbons (Fsp3) is 0.429. The molecule has 0 aromatic carbocycles. The number of hydrogen-bond acceptors (Lipinski definition) is 4. The van der Waals surface area contributed by atoms with Crippen LogP contribution in [0.3, 0.4) is 0 Å². The number of aromatic nitrogens is 2. The molecule has 2 rings (SSSR count). The Morgan fingerprint density at radius 2 is 2.05 bits per heavy atom. The lowest BCUT2D eigenvalue weighted by atomic mass is 10.1. The average molecular weight is 387 g/mol. The molecule has 3 nitrogen and oxygen atoms in total. The normalized spacial score (nSPS) is 11.2. The number of nitrogens with two attached hydrogens (primary N) is 1. The molecular weight excluding hydrogens is 369 g/mol. The largest absolute Gasteiger partial charge is 0.383 e. The van der Waals surface area contributed by atoms with E-state index in [4.69, 9.17) is 10.7 Å². The number of aryl methyl sites for hydroxylation is 1. The first-order valence-electron chi connectivity index (χ1n) is 6.42. The van der Waals surface area contributed by atoms with Crippen molar-refractivity contribution in [1.29, 1.82) is 0 Å². The lowest BCUT2D eigenvalue weighted by molar-refractivity contribution is 0.632. The molecule has 0 atom stereocenters. The van der Waals surface area contributed by atoms with Crippen molar-refractivity contribution < 1.29 is 0 Å². The van der Waals surface area contributed by atoms with Gasteiger partial charge in [0, 0.05) is 4.88 Å². The summed E-state index contributed by atoms with van der Waals surface area (Å²) >= 11 is 3.99. The average Bonchev–Trinajstić information content (AvgIpc) is 2.82. The molecule has 0 amide bonds. The highest BCUT2D eigenvalue weighted by molar-refractivity contribution is 14.1. The highest BCUT2D eigenvalue weighted by atomic mass is 127. The molecule has 0 unspecified atom stereocenters. The number of nitrogen functional groups attached to an aromatic ring is 1. The second-order valence-electron chi connectivity index (χ2n) is 4.91. The van der Waals surface area contributed by atoms with Crippen LogP contribution in [0, 0.1) is 9.49 Å². The van der Waals surface area contributed by atoms with Gasteiger partial charge in [-0.1, -0.05) is 20.8 Å². The van der Waals surface area contributed by atoms with Crippen LogP contribution < -0.4 is 5.73 Å². The fourth-order valence-corrected chi connectivity index (χ4v) is 3.18. The zero-order chi connectivity index (χ0) is 14.0. The highest BCUT2D eigenvalue weighted by Gasteiger charge is 2.13. The Morgan fingerprint density at radius 3 is 2.63 bits per heavy atom. The molecule has 5 heteroatoms. The summed E-state index contributed by atoms with van der Waals surface area (Å²) in [5.41, 5.74) is 7.08. The van der Waals surface area contributed by atoms with Crippen LogP contribution in [0.4, 0.5) is 5.82 Å². The van der Waals surface area contributed by atoms with Gasteiger partial charge in [-0.2, -0.15) is 0 Å². The summed E-state index contributed by atoms with van der Waals surface area (Å²) in [6, 6.07) is 4.23. The highest BCUT2D eigenvalue weighted by Crippen LogP contribution is 2.29. The van der Waals surface area contributed by atoms with Crippen LogP contribution in [0.1, 0.15) is 31.3 Å².